The van der Waals surface area contributed by atoms with Gasteiger partial charge < -0.3 is 9.67 Å². The van der Waals surface area contributed by atoms with Crippen molar-refractivity contribution in [3.63, 3.8) is 0 Å². The summed E-state index contributed by atoms with van der Waals surface area (Å²) in [7, 11) is 1.88. The van der Waals surface area contributed by atoms with Crippen LogP contribution in [-0.4, -0.2) is 14.7 Å². The number of aromatic hydroxyl groups is 1. The largest absolute Gasteiger partial charge is 0.508 e. The van der Waals surface area contributed by atoms with E-state index >= 15 is 0 Å². The van der Waals surface area contributed by atoms with E-state index < -0.39 is 5.82 Å². The van der Waals surface area contributed by atoms with Crippen LogP contribution in [0.1, 0.15) is 11.4 Å². The van der Waals surface area contributed by atoms with E-state index in [4.69, 9.17) is 0 Å². The second-order valence-corrected chi connectivity index (χ2v) is 3.40. The molecule has 78 valence electrons. The van der Waals surface area contributed by atoms with Gasteiger partial charge in [-0.25, -0.2) is 9.37 Å². The SMILES string of the molecule is Cn1ccnc1Cc1ccc(F)cc1O. The first-order valence-electron chi connectivity index (χ1n) is 4.60. The third-order valence-corrected chi connectivity index (χ3v) is 2.32. The van der Waals surface area contributed by atoms with Gasteiger partial charge >= 0.3 is 0 Å². The van der Waals surface area contributed by atoms with Crippen molar-refractivity contribution in [3.05, 3.63) is 47.8 Å². The van der Waals surface area contributed by atoms with Gasteiger partial charge in [0.05, 0.1) is 0 Å². The molecule has 1 heterocycles. The number of imidazole rings is 1. The molecule has 1 aromatic heterocycles. The molecule has 0 spiro atoms. The molecule has 0 atom stereocenters. The van der Waals surface area contributed by atoms with Crippen LogP contribution in [0.5, 0.6) is 5.75 Å². The maximum absolute atomic E-state index is 12.7. The topological polar surface area (TPSA) is 38.0 Å². The number of hydrogen-bond acceptors (Lipinski definition) is 2. The Balaban J connectivity index is 2.29. The Morgan fingerprint density at radius 2 is 2.27 bits per heavy atom. The van der Waals surface area contributed by atoms with Crippen molar-refractivity contribution in [3.8, 4) is 5.75 Å². The summed E-state index contributed by atoms with van der Waals surface area (Å²) in [6, 6.07) is 4.01. The van der Waals surface area contributed by atoms with Crippen LogP contribution in [0.2, 0.25) is 0 Å². The third kappa shape index (κ3) is 1.98. The third-order valence-electron chi connectivity index (χ3n) is 2.32. The maximum atomic E-state index is 12.7. The number of nitrogens with zero attached hydrogens (tertiary/aromatic N) is 2. The molecule has 0 saturated carbocycles. The molecule has 15 heavy (non-hydrogen) atoms. The van der Waals surface area contributed by atoms with Gasteiger partial charge in [0.15, 0.2) is 0 Å². The van der Waals surface area contributed by atoms with E-state index in [1.54, 1.807) is 12.3 Å². The summed E-state index contributed by atoms with van der Waals surface area (Å²) in [6.07, 6.45) is 4.02. The van der Waals surface area contributed by atoms with Crippen molar-refractivity contribution < 1.29 is 9.50 Å². The molecule has 0 amide bonds. The molecular formula is C11H11FN2O. The molecule has 0 fully saturated rings. The first kappa shape index (κ1) is 9.71. The summed E-state index contributed by atoms with van der Waals surface area (Å²) >= 11 is 0. The first-order valence-corrected chi connectivity index (χ1v) is 4.60. The van der Waals surface area contributed by atoms with Crippen LogP contribution in [0.3, 0.4) is 0 Å². The van der Waals surface area contributed by atoms with Crippen LogP contribution in [0, 0.1) is 5.82 Å². The molecule has 1 aromatic carbocycles. The highest BCUT2D eigenvalue weighted by Gasteiger charge is 2.06. The molecule has 0 aliphatic rings. The average Bonchev–Trinajstić information content (AvgIpc) is 2.57. The van der Waals surface area contributed by atoms with Gasteiger partial charge in [0.1, 0.15) is 17.4 Å². The van der Waals surface area contributed by atoms with E-state index in [0.717, 1.165) is 11.9 Å². The Hall–Kier alpha value is -1.84. The first-order chi connectivity index (χ1) is 7.16. The summed E-state index contributed by atoms with van der Waals surface area (Å²) in [5.41, 5.74) is 0.672. The highest BCUT2D eigenvalue weighted by Crippen LogP contribution is 2.20. The monoisotopic (exact) mass is 206 g/mol. The zero-order valence-electron chi connectivity index (χ0n) is 8.31. The quantitative estimate of drug-likeness (QED) is 0.814. The van der Waals surface area contributed by atoms with Gasteiger partial charge in [0.25, 0.3) is 0 Å². The fraction of sp³-hybridized carbons (Fsp3) is 0.182. The van der Waals surface area contributed by atoms with Crippen LogP contribution < -0.4 is 0 Å². The Morgan fingerprint density at radius 1 is 1.47 bits per heavy atom. The number of rotatable bonds is 2. The fourth-order valence-electron chi connectivity index (χ4n) is 1.42. The average molecular weight is 206 g/mol. The number of aryl methyl sites for hydroxylation is 1. The number of aromatic nitrogens is 2. The highest BCUT2D eigenvalue weighted by molar-refractivity contribution is 5.34. The molecule has 0 saturated heterocycles. The molecule has 0 aliphatic heterocycles. The maximum Gasteiger partial charge on any atom is 0.126 e. The lowest BCUT2D eigenvalue weighted by Crippen LogP contribution is -1.98. The van der Waals surface area contributed by atoms with E-state index in [1.807, 2.05) is 17.8 Å². The molecule has 3 nitrogen and oxygen atoms in total. The van der Waals surface area contributed by atoms with Gasteiger partial charge in [0, 0.05) is 37.5 Å². The van der Waals surface area contributed by atoms with Crippen LogP contribution in [0.25, 0.3) is 0 Å². The van der Waals surface area contributed by atoms with Crippen LogP contribution >= 0.6 is 0 Å². The lowest BCUT2D eigenvalue weighted by molar-refractivity contribution is 0.462. The number of hydrogen-bond donors (Lipinski definition) is 1. The standard InChI is InChI=1S/C11H11FN2O/c1-14-5-4-13-11(14)6-8-2-3-9(12)7-10(8)15/h2-5,7,15H,6H2,1H3. The summed E-state index contributed by atoms with van der Waals surface area (Å²) in [5.74, 6) is 0.367. The van der Waals surface area contributed by atoms with E-state index in [0.29, 0.717) is 12.0 Å². The molecule has 0 unspecified atom stereocenters. The Morgan fingerprint density at radius 3 is 2.87 bits per heavy atom. The zero-order valence-corrected chi connectivity index (χ0v) is 8.31. The van der Waals surface area contributed by atoms with E-state index in [1.165, 1.54) is 6.07 Å². The van der Waals surface area contributed by atoms with E-state index in [2.05, 4.69) is 4.98 Å². The normalized spacial score (nSPS) is 10.5. The van der Waals surface area contributed by atoms with Gasteiger partial charge in [0.2, 0.25) is 0 Å². The van der Waals surface area contributed by atoms with Gasteiger partial charge in [-0.05, 0) is 6.07 Å². The minimum absolute atomic E-state index is 0.0296. The van der Waals surface area contributed by atoms with Crippen molar-refractivity contribution in [1.29, 1.82) is 0 Å². The van der Waals surface area contributed by atoms with Gasteiger partial charge in [-0.2, -0.15) is 0 Å². The molecule has 2 rings (SSSR count). The molecule has 1 N–H and O–H groups in total. The molecular weight excluding hydrogens is 195 g/mol. The molecule has 0 radical (unpaired) electrons. The number of phenolic OH excluding ortho intramolecular Hbond substituents is 1. The second-order valence-electron chi connectivity index (χ2n) is 3.40. The predicted molar refractivity (Wildman–Crippen MR) is 54.1 cm³/mol. The summed E-state index contributed by atoms with van der Waals surface area (Å²) in [6.45, 7) is 0. The number of benzene rings is 1. The van der Waals surface area contributed by atoms with Crippen molar-refractivity contribution in [2.75, 3.05) is 0 Å². The van der Waals surface area contributed by atoms with Crippen molar-refractivity contribution in [1.82, 2.24) is 9.55 Å². The molecule has 0 aliphatic carbocycles. The summed E-state index contributed by atoms with van der Waals surface area (Å²) < 4.78 is 14.6. The Labute approximate surface area is 86.8 Å². The molecule has 2 aromatic rings. The lowest BCUT2D eigenvalue weighted by atomic mass is 10.1. The Bertz CT molecular complexity index is 479. The van der Waals surface area contributed by atoms with Crippen LogP contribution in [0.4, 0.5) is 4.39 Å². The predicted octanol–water partition coefficient (Wildman–Crippen LogP) is 1.86. The summed E-state index contributed by atoms with van der Waals surface area (Å²) in [4.78, 5) is 4.13. The summed E-state index contributed by atoms with van der Waals surface area (Å²) in [5, 5.41) is 9.50. The molecule has 4 heteroatoms. The van der Waals surface area contributed by atoms with E-state index in [9.17, 15) is 9.50 Å². The second kappa shape index (κ2) is 3.73. The fourth-order valence-corrected chi connectivity index (χ4v) is 1.42. The minimum atomic E-state index is -0.434. The zero-order chi connectivity index (χ0) is 10.8. The van der Waals surface area contributed by atoms with Crippen molar-refractivity contribution in [2.24, 2.45) is 7.05 Å². The number of phenols is 1. The van der Waals surface area contributed by atoms with Crippen molar-refractivity contribution >= 4 is 0 Å². The highest BCUT2D eigenvalue weighted by atomic mass is 19.1. The molecule has 0 bridgehead atoms. The smallest absolute Gasteiger partial charge is 0.126 e. The van der Waals surface area contributed by atoms with Gasteiger partial charge in [-0.3, -0.25) is 0 Å². The lowest BCUT2D eigenvalue weighted by Gasteiger charge is -2.04. The van der Waals surface area contributed by atoms with Crippen LogP contribution in [0.15, 0.2) is 30.6 Å². The Kier molecular flexibility index (Phi) is 2.41. The van der Waals surface area contributed by atoms with Gasteiger partial charge in [-0.15, -0.1) is 0 Å². The minimum Gasteiger partial charge on any atom is -0.508 e. The van der Waals surface area contributed by atoms with E-state index in [-0.39, 0.29) is 5.75 Å². The van der Waals surface area contributed by atoms with Crippen LogP contribution in [-0.2, 0) is 13.5 Å². The van der Waals surface area contributed by atoms with Gasteiger partial charge in [-0.1, -0.05) is 6.07 Å². The number of halogens is 1. The van der Waals surface area contributed by atoms with Crippen molar-refractivity contribution in [2.45, 2.75) is 6.42 Å².